The number of benzene rings is 1. The van der Waals surface area contributed by atoms with Crippen molar-refractivity contribution in [1.29, 1.82) is 0 Å². The quantitative estimate of drug-likeness (QED) is 0.819. The SMILES string of the molecule is COc1cccc(-c2cc(C(=O)N3CCC(S(C)(=O)=O)C3)n(C)n2)c1. The van der Waals surface area contributed by atoms with Gasteiger partial charge in [0.25, 0.3) is 5.91 Å². The van der Waals surface area contributed by atoms with Gasteiger partial charge in [-0.1, -0.05) is 12.1 Å². The summed E-state index contributed by atoms with van der Waals surface area (Å²) < 4.78 is 30.1. The van der Waals surface area contributed by atoms with E-state index < -0.39 is 15.1 Å². The van der Waals surface area contributed by atoms with Crippen LogP contribution in [0.15, 0.2) is 30.3 Å². The molecule has 1 amide bonds. The number of ether oxygens (including phenoxy) is 1. The molecule has 8 heteroatoms. The van der Waals surface area contributed by atoms with Crippen molar-refractivity contribution in [1.82, 2.24) is 14.7 Å². The molecule has 3 rings (SSSR count). The van der Waals surface area contributed by atoms with E-state index >= 15 is 0 Å². The van der Waals surface area contributed by atoms with E-state index in [4.69, 9.17) is 4.74 Å². The molecule has 1 unspecified atom stereocenters. The summed E-state index contributed by atoms with van der Waals surface area (Å²) in [5.74, 6) is 0.516. The molecule has 1 aliphatic heterocycles. The first-order chi connectivity index (χ1) is 11.8. The number of aryl methyl sites for hydroxylation is 1. The number of carbonyl (C=O) groups is 1. The largest absolute Gasteiger partial charge is 0.497 e. The van der Waals surface area contributed by atoms with Gasteiger partial charge in [-0.3, -0.25) is 9.48 Å². The minimum absolute atomic E-state index is 0.199. The number of amides is 1. The number of likely N-dealkylation sites (tertiary alicyclic amines) is 1. The van der Waals surface area contributed by atoms with Crippen molar-refractivity contribution >= 4 is 15.7 Å². The van der Waals surface area contributed by atoms with Gasteiger partial charge < -0.3 is 9.64 Å². The van der Waals surface area contributed by atoms with Crippen molar-refractivity contribution in [2.24, 2.45) is 7.05 Å². The molecule has 0 radical (unpaired) electrons. The van der Waals surface area contributed by atoms with Gasteiger partial charge >= 0.3 is 0 Å². The summed E-state index contributed by atoms with van der Waals surface area (Å²) in [6.45, 7) is 0.674. The van der Waals surface area contributed by atoms with Crippen LogP contribution in [0.2, 0.25) is 0 Å². The average Bonchev–Trinajstić information content (AvgIpc) is 3.21. The van der Waals surface area contributed by atoms with Crippen LogP contribution in [0.3, 0.4) is 0 Å². The van der Waals surface area contributed by atoms with E-state index in [1.54, 1.807) is 25.1 Å². The molecule has 1 aromatic carbocycles. The minimum atomic E-state index is -3.14. The molecule has 1 fully saturated rings. The second-order valence-corrected chi connectivity index (χ2v) is 8.59. The Labute approximate surface area is 147 Å². The second-order valence-electron chi connectivity index (χ2n) is 6.26. The molecule has 7 nitrogen and oxygen atoms in total. The Morgan fingerprint density at radius 1 is 1.32 bits per heavy atom. The van der Waals surface area contributed by atoms with E-state index in [2.05, 4.69) is 5.10 Å². The van der Waals surface area contributed by atoms with Crippen LogP contribution >= 0.6 is 0 Å². The predicted octanol–water partition coefficient (Wildman–Crippen LogP) is 1.35. The summed E-state index contributed by atoms with van der Waals surface area (Å²) in [6.07, 6.45) is 1.70. The van der Waals surface area contributed by atoms with Gasteiger partial charge in [-0.2, -0.15) is 5.10 Å². The molecule has 25 heavy (non-hydrogen) atoms. The molecule has 1 saturated heterocycles. The molecule has 0 aliphatic carbocycles. The van der Waals surface area contributed by atoms with Gasteiger partial charge in [-0.15, -0.1) is 0 Å². The maximum Gasteiger partial charge on any atom is 0.272 e. The first kappa shape index (κ1) is 17.5. The fourth-order valence-corrected chi connectivity index (χ4v) is 4.00. The Hall–Kier alpha value is -2.35. The van der Waals surface area contributed by atoms with E-state index in [0.29, 0.717) is 30.1 Å². The van der Waals surface area contributed by atoms with Gasteiger partial charge in [-0.05, 0) is 24.6 Å². The van der Waals surface area contributed by atoms with E-state index in [9.17, 15) is 13.2 Å². The molecule has 0 spiro atoms. The van der Waals surface area contributed by atoms with Crippen LogP contribution < -0.4 is 4.74 Å². The number of carbonyl (C=O) groups excluding carboxylic acids is 1. The lowest BCUT2D eigenvalue weighted by molar-refractivity contribution is 0.0782. The molecule has 0 N–H and O–H groups in total. The molecular weight excluding hydrogens is 342 g/mol. The standard InChI is InChI=1S/C17H21N3O4S/c1-19-16(17(21)20-8-7-14(11-20)25(3,22)23)10-15(18-19)12-5-4-6-13(9-12)24-2/h4-6,9-10,14H,7-8,11H2,1-3H3. The predicted molar refractivity (Wildman–Crippen MR) is 94.3 cm³/mol. The average molecular weight is 363 g/mol. The third kappa shape index (κ3) is 3.53. The molecule has 1 aromatic heterocycles. The van der Waals surface area contributed by atoms with Crippen molar-refractivity contribution in [2.75, 3.05) is 26.5 Å². The number of nitrogens with zero attached hydrogens (tertiary/aromatic N) is 3. The normalized spacial score (nSPS) is 17.7. The van der Waals surface area contributed by atoms with Crippen LogP contribution in [0.5, 0.6) is 5.75 Å². The number of sulfone groups is 1. The minimum Gasteiger partial charge on any atom is -0.497 e. The number of methoxy groups -OCH3 is 1. The lowest BCUT2D eigenvalue weighted by Gasteiger charge is -2.15. The highest BCUT2D eigenvalue weighted by molar-refractivity contribution is 7.91. The van der Waals surface area contributed by atoms with Crippen LogP contribution in [-0.2, 0) is 16.9 Å². The Morgan fingerprint density at radius 2 is 2.08 bits per heavy atom. The van der Waals surface area contributed by atoms with Crippen molar-refractivity contribution in [3.05, 3.63) is 36.0 Å². The number of rotatable bonds is 4. The first-order valence-corrected chi connectivity index (χ1v) is 9.91. The lowest BCUT2D eigenvalue weighted by Crippen LogP contribution is -2.32. The molecule has 0 saturated carbocycles. The highest BCUT2D eigenvalue weighted by Gasteiger charge is 2.34. The molecule has 1 aliphatic rings. The maximum absolute atomic E-state index is 12.8. The Morgan fingerprint density at radius 3 is 2.72 bits per heavy atom. The topological polar surface area (TPSA) is 81.5 Å². The Balaban J connectivity index is 1.84. The number of hydrogen-bond donors (Lipinski definition) is 0. The van der Waals surface area contributed by atoms with E-state index in [-0.39, 0.29) is 12.5 Å². The lowest BCUT2D eigenvalue weighted by atomic mass is 10.1. The monoisotopic (exact) mass is 363 g/mol. The smallest absolute Gasteiger partial charge is 0.272 e. The third-order valence-electron chi connectivity index (χ3n) is 4.50. The summed E-state index contributed by atoms with van der Waals surface area (Å²) >= 11 is 0. The molecule has 134 valence electrons. The molecule has 2 aromatic rings. The Bertz CT molecular complexity index is 904. The van der Waals surface area contributed by atoms with Gasteiger partial charge in [-0.25, -0.2) is 8.42 Å². The summed E-state index contributed by atoms with van der Waals surface area (Å²) in [6, 6.07) is 9.18. The van der Waals surface area contributed by atoms with Crippen LogP contribution in [0.4, 0.5) is 0 Å². The van der Waals surface area contributed by atoms with Gasteiger partial charge in [0, 0.05) is 32.0 Å². The second kappa shape index (κ2) is 6.51. The van der Waals surface area contributed by atoms with E-state index in [1.807, 2.05) is 24.3 Å². The van der Waals surface area contributed by atoms with Gasteiger partial charge in [0.2, 0.25) is 0 Å². The number of hydrogen-bond acceptors (Lipinski definition) is 5. The summed E-state index contributed by atoms with van der Waals surface area (Å²) in [5, 5.41) is 3.93. The molecule has 2 heterocycles. The van der Waals surface area contributed by atoms with E-state index in [0.717, 1.165) is 5.56 Å². The van der Waals surface area contributed by atoms with Gasteiger partial charge in [0.05, 0.1) is 18.1 Å². The zero-order valence-electron chi connectivity index (χ0n) is 14.5. The summed E-state index contributed by atoms with van der Waals surface area (Å²) in [7, 11) is 0.168. The highest BCUT2D eigenvalue weighted by Crippen LogP contribution is 2.25. The molecular formula is C17H21N3O4S. The zero-order valence-corrected chi connectivity index (χ0v) is 15.3. The third-order valence-corrected chi connectivity index (χ3v) is 6.10. The van der Waals surface area contributed by atoms with E-state index in [1.165, 1.54) is 10.9 Å². The molecule has 0 bridgehead atoms. The van der Waals surface area contributed by atoms with Crippen molar-refractivity contribution in [2.45, 2.75) is 11.7 Å². The maximum atomic E-state index is 12.8. The number of aromatic nitrogens is 2. The fraction of sp³-hybridized carbons (Fsp3) is 0.412. The fourth-order valence-electron chi connectivity index (χ4n) is 3.02. The zero-order chi connectivity index (χ0) is 18.2. The first-order valence-electron chi connectivity index (χ1n) is 7.96. The Kier molecular flexibility index (Phi) is 4.55. The van der Waals surface area contributed by atoms with Crippen molar-refractivity contribution in [3.8, 4) is 17.0 Å². The van der Waals surface area contributed by atoms with Crippen LogP contribution in [0, 0.1) is 0 Å². The van der Waals surface area contributed by atoms with Crippen molar-refractivity contribution in [3.63, 3.8) is 0 Å². The van der Waals surface area contributed by atoms with Crippen LogP contribution in [0.25, 0.3) is 11.3 Å². The van der Waals surface area contributed by atoms with Crippen LogP contribution in [-0.4, -0.2) is 60.7 Å². The van der Waals surface area contributed by atoms with Gasteiger partial charge in [0.1, 0.15) is 11.4 Å². The molecule has 1 atom stereocenters. The van der Waals surface area contributed by atoms with Gasteiger partial charge in [0.15, 0.2) is 9.84 Å². The summed E-state index contributed by atoms with van der Waals surface area (Å²) in [4.78, 5) is 14.3. The summed E-state index contributed by atoms with van der Waals surface area (Å²) in [5.41, 5.74) is 1.96. The van der Waals surface area contributed by atoms with Crippen molar-refractivity contribution < 1.29 is 17.9 Å². The van der Waals surface area contributed by atoms with Crippen LogP contribution in [0.1, 0.15) is 16.9 Å². The highest BCUT2D eigenvalue weighted by atomic mass is 32.2.